The molecule has 116 valence electrons. The van der Waals surface area contributed by atoms with Crippen molar-refractivity contribution in [2.24, 2.45) is 11.7 Å². The number of rotatable bonds is 6. The summed E-state index contributed by atoms with van der Waals surface area (Å²) >= 11 is 5.09. The number of nitrogens with zero attached hydrogens (tertiary/aromatic N) is 2. The molecule has 1 atom stereocenters. The molecule has 0 saturated carbocycles. The molecule has 3 N–H and O–H groups in total. The molecule has 1 aromatic rings. The number of aryl methyl sites for hydroxylation is 1. The number of anilines is 1. The van der Waals surface area contributed by atoms with Crippen molar-refractivity contribution < 1.29 is 9.53 Å². The minimum Gasteiger partial charge on any atom is -0.467 e. The number of hydrogen-bond donors (Lipinski definition) is 2. The molecular weight excluding hydrogens is 288 g/mol. The second-order valence-corrected chi connectivity index (χ2v) is 5.79. The summed E-state index contributed by atoms with van der Waals surface area (Å²) in [4.78, 5) is 12.1. The first-order chi connectivity index (χ1) is 9.77. The van der Waals surface area contributed by atoms with Crippen LogP contribution in [0.4, 0.5) is 5.82 Å². The fraction of sp³-hybridized carbons (Fsp3) is 0.571. The summed E-state index contributed by atoms with van der Waals surface area (Å²) in [6, 6.07) is -0.514. The van der Waals surface area contributed by atoms with E-state index in [1.165, 1.54) is 7.11 Å². The number of carbonyl (C=O) groups excluding carboxylic acids is 1. The van der Waals surface area contributed by atoms with Gasteiger partial charge >= 0.3 is 5.97 Å². The van der Waals surface area contributed by atoms with E-state index in [4.69, 9.17) is 22.7 Å². The fourth-order valence-electron chi connectivity index (χ4n) is 2.00. The van der Waals surface area contributed by atoms with Gasteiger partial charge in [0.15, 0.2) is 5.82 Å². The van der Waals surface area contributed by atoms with E-state index in [0.717, 1.165) is 11.3 Å². The molecule has 6 nitrogen and oxygen atoms in total. The van der Waals surface area contributed by atoms with Crippen LogP contribution in [0.3, 0.4) is 0 Å². The predicted molar refractivity (Wildman–Crippen MR) is 86.3 cm³/mol. The van der Waals surface area contributed by atoms with Gasteiger partial charge in [-0.05, 0) is 31.7 Å². The van der Waals surface area contributed by atoms with Crippen molar-refractivity contribution in [1.82, 2.24) is 10.2 Å². The maximum Gasteiger partial charge on any atom is 0.328 e. The largest absolute Gasteiger partial charge is 0.467 e. The van der Waals surface area contributed by atoms with Crippen LogP contribution in [-0.2, 0) is 9.53 Å². The van der Waals surface area contributed by atoms with Crippen molar-refractivity contribution in [3.05, 3.63) is 16.8 Å². The number of nitrogens with two attached hydrogens (primary N) is 1. The van der Waals surface area contributed by atoms with Crippen LogP contribution in [0.5, 0.6) is 0 Å². The SMILES string of the molecule is COC(=O)C(CC(C)C)Nc1nnc(C)c(C)c1C(N)=S. The lowest BCUT2D eigenvalue weighted by atomic mass is 10.0. The molecule has 0 amide bonds. The Kier molecular flexibility index (Phi) is 6.02. The van der Waals surface area contributed by atoms with Crippen LogP contribution in [0, 0.1) is 19.8 Å². The quantitative estimate of drug-likeness (QED) is 0.611. The molecule has 0 aliphatic carbocycles. The lowest BCUT2D eigenvalue weighted by molar-refractivity contribution is -0.141. The summed E-state index contributed by atoms with van der Waals surface area (Å²) in [5.74, 6) is 0.383. The van der Waals surface area contributed by atoms with Gasteiger partial charge in [-0.1, -0.05) is 26.1 Å². The highest BCUT2D eigenvalue weighted by Crippen LogP contribution is 2.21. The van der Waals surface area contributed by atoms with E-state index in [9.17, 15) is 4.79 Å². The lowest BCUT2D eigenvalue weighted by Gasteiger charge is -2.21. The zero-order chi connectivity index (χ0) is 16.2. The van der Waals surface area contributed by atoms with Crippen molar-refractivity contribution >= 4 is 29.0 Å². The number of hydrogen-bond acceptors (Lipinski definition) is 6. The summed E-state index contributed by atoms with van der Waals surface area (Å²) in [6.45, 7) is 7.76. The van der Waals surface area contributed by atoms with E-state index in [2.05, 4.69) is 15.5 Å². The zero-order valence-electron chi connectivity index (χ0n) is 13.1. The van der Waals surface area contributed by atoms with Crippen LogP contribution < -0.4 is 11.1 Å². The van der Waals surface area contributed by atoms with Gasteiger partial charge in [-0.2, -0.15) is 5.10 Å². The van der Waals surface area contributed by atoms with Gasteiger partial charge in [0.25, 0.3) is 0 Å². The van der Waals surface area contributed by atoms with Gasteiger partial charge in [0.2, 0.25) is 0 Å². The number of esters is 1. The molecule has 0 bridgehead atoms. The molecule has 0 fully saturated rings. The third-order valence-corrected chi connectivity index (χ3v) is 3.41. The maximum absolute atomic E-state index is 11.9. The molecular formula is C14H22N4O2S. The van der Waals surface area contributed by atoms with Crippen LogP contribution in [0.2, 0.25) is 0 Å². The average molecular weight is 310 g/mol. The molecule has 0 aromatic carbocycles. The highest BCUT2D eigenvalue weighted by Gasteiger charge is 2.23. The normalized spacial score (nSPS) is 12.1. The monoisotopic (exact) mass is 310 g/mol. The van der Waals surface area contributed by atoms with Crippen LogP contribution in [-0.4, -0.2) is 34.3 Å². The standard InChI is InChI=1S/C14H22N4O2S/c1-7(2)6-10(14(19)20-5)16-13-11(12(15)21)8(3)9(4)17-18-13/h7,10H,6H2,1-5H3,(H2,15,21)(H,16,18). The summed E-state index contributed by atoms with van der Waals surface area (Å²) in [7, 11) is 1.36. The Morgan fingerprint density at radius 3 is 2.48 bits per heavy atom. The second-order valence-electron chi connectivity index (χ2n) is 5.35. The molecule has 21 heavy (non-hydrogen) atoms. The molecule has 1 aromatic heterocycles. The summed E-state index contributed by atoms with van der Waals surface area (Å²) in [5.41, 5.74) is 8.00. The van der Waals surface area contributed by atoms with E-state index in [-0.39, 0.29) is 11.0 Å². The van der Waals surface area contributed by atoms with Gasteiger partial charge in [-0.15, -0.1) is 5.10 Å². The number of nitrogens with one attached hydrogen (secondary N) is 1. The second kappa shape index (κ2) is 7.31. The predicted octanol–water partition coefficient (Wildman–Crippen LogP) is 1.73. The van der Waals surface area contributed by atoms with Crippen molar-refractivity contribution in [2.75, 3.05) is 12.4 Å². The summed E-state index contributed by atoms with van der Waals surface area (Å²) in [6.07, 6.45) is 0.609. The van der Waals surface area contributed by atoms with Crippen molar-refractivity contribution in [3.63, 3.8) is 0 Å². The van der Waals surface area contributed by atoms with Gasteiger partial charge in [0.1, 0.15) is 11.0 Å². The third kappa shape index (κ3) is 4.35. The Morgan fingerprint density at radius 2 is 2.00 bits per heavy atom. The molecule has 0 aliphatic rings. The average Bonchev–Trinajstić information content (AvgIpc) is 2.40. The highest BCUT2D eigenvalue weighted by atomic mass is 32.1. The van der Waals surface area contributed by atoms with Crippen molar-refractivity contribution in [2.45, 2.75) is 40.2 Å². The van der Waals surface area contributed by atoms with E-state index < -0.39 is 6.04 Å². The highest BCUT2D eigenvalue weighted by molar-refractivity contribution is 7.80. The molecule has 1 heterocycles. The first-order valence-electron chi connectivity index (χ1n) is 6.76. The molecule has 1 rings (SSSR count). The third-order valence-electron chi connectivity index (χ3n) is 3.20. The Labute approximate surface area is 130 Å². The van der Waals surface area contributed by atoms with E-state index in [1.807, 2.05) is 27.7 Å². The van der Waals surface area contributed by atoms with E-state index >= 15 is 0 Å². The number of thiocarbonyl (C=S) groups is 1. The Bertz CT molecular complexity index is 546. The molecule has 0 aliphatic heterocycles. The topological polar surface area (TPSA) is 90.1 Å². The van der Waals surface area contributed by atoms with Crippen molar-refractivity contribution in [3.8, 4) is 0 Å². The smallest absolute Gasteiger partial charge is 0.328 e. The summed E-state index contributed by atoms with van der Waals surface area (Å²) in [5, 5.41) is 11.2. The van der Waals surface area contributed by atoms with Crippen molar-refractivity contribution in [1.29, 1.82) is 0 Å². The van der Waals surface area contributed by atoms with Crippen LogP contribution in [0.1, 0.15) is 37.1 Å². The molecule has 7 heteroatoms. The molecule has 0 saturated heterocycles. The van der Waals surface area contributed by atoms with Crippen LogP contribution in [0.25, 0.3) is 0 Å². The van der Waals surface area contributed by atoms with Gasteiger partial charge in [-0.3, -0.25) is 0 Å². The zero-order valence-corrected chi connectivity index (χ0v) is 13.9. The van der Waals surface area contributed by atoms with E-state index in [0.29, 0.717) is 23.7 Å². The van der Waals surface area contributed by atoms with Crippen LogP contribution >= 0.6 is 12.2 Å². The Balaban J connectivity index is 3.17. The molecule has 0 radical (unpaired) electrons. The first-order valence-corrected chi connectivity index (χ1v) is 7.16. The number of methoxy groups -OCH3 is 1. The summed E-state index contributed by atoms with van der Waals surface area (Å²) < 4.78 is 4.83. The van der Waals surface area contributed by atoms with Gasteiger partial charge in [0.05, 0.1) is 18.4 Å². The Hall–Kier alpha value is -1.76. The van der Waals surface area contributed by atoms with Gasteiger partial charge < -0.3 is 15.8 Å². The van der Waals surface area contributed by atoms with Gasteiger partial charge in [0, 0.05) is 0 Å². The van der Waals surface area contributed by atoms with E-state index in [1.54, 1.807) is 0 Å². The molecule has 1 unspecified atom stereocenters. The minimum absolute atomic E-state index is 0.223. The minimum atomic E-state index is -0.514. The van der Waals surface area contributed by atoms with Crippen LogP contribution in [0.15, 0.2) is 0 Å². The molecule has 0 spiro atoms. The lowest BCUT2D eigenvalue weighted by Crippen LogP contribution is -2.34. The first kappa shape index (κ1) is 17.3. The van der Waals surface area contributed by atoms with Gasteiger partial charge in [-0.25, -0.2) is 4.79 Å². The number of aromatic nitrogens is 2. The Morgan fingerprint density at radius 1 is 1.38 bits per heavy atom. The number of ether oxygens (including phenoxy) is 1. The fourth-order valence-corrected chi connectivity index (χ4v) is 2.25. The number of carbonyl (C=O) groups is 1. The maximum atomic E-state index is 11.9.